The quantitative estimate of drug-likeness (QED) is 0.842. The molecular weight excluding hydrogens is 320 g/mol. The second-order valence-corrected chi connectivity index (χ2v) is 7.12. The number of aryl methyl sites for hydroxylation is 2. The molecule has 0 aliphatic heterocycles. The number of amides is 2. The van der Waals surface area contributed by atoms with E-state index in [0.717, 1.165) is 0 Å². The maximum atomic E-state index is 12.4. The highest BCUT2D eigenvalue weighted by molar-refractivity contribution is 6.04. The van der Waals surface area contributed by atoms with E-state index in [9.17, 15) is 9.59 Å². The van der Waals surface area contributed by atoms with E-state index in [-0.39, 0.29) is 11.8 Å². The van der Waals surface area contributed by atoms with Crippen molar-refractivity contribution in [2.45, 2.75) is 47.1 Å². The van der Waals surface area contributed by atoms with Gasteiger partial charge in [0.2, 0.25) is 5.91 Å². The first kappa shape index (κ1) is 18.8. The van der Waals surface area contributed by atoms with Crippen molar-refractivity contribution in [1.29, 1.82) is 0 Å². The van der Waals surface area contributed by atoms with E-state index in [4.69, 9.17) is 4.42 Å². The van der Waals surface area contributed by atoms with Crippen LogP contribution in [0, 0.1) is 19.8 Å². The molecule has 0 atom stereocenters. The highest BCUT2D eigenvalue weighted by Crippen LogP contribution is 2.19. The van der Waals surface area contributed by atoms with Crippen molar-refractivity contribution in [3.63, 3.8) is 0 Å². The Hall–Kier alpha value is -2.57. The van der Waals surface area contributed by atoms with Gasteiger partial charge in [-0.2, -0.15) is 5.10 Å². The van der Waals surface area contributed by atoms with Crippen molar-refractivity contribution in [3.8, 4) is 0 Å². The minimum atomic E-state index is -0.861. The lowest BCUT2D eigenvalue weighted by molar-refractivity contribution is -0.129. The third-order valence-corrected chi connectivity index (χ3v) is 3.93. The molecule has 7 nitrogen and oxygen atoms in total. The smallest absolute Gasteiger partial charge is 0.259 e. The number of carbonyl (C=O) groups is 2. The van der Waals surface area contributed by atoms with E-state index < -0.39 is 5.54 Å². The van der Waals surface area contributed by atoms with Gasteiger partial charge in [-0.25, -0.2) is 0 Å². The Kier molecular flexibility index (Phi) is 5.35. The number of rotatable bonds is 6. The normalized spacial score (nSPS) is 11.6. The number of furan rings is 1. The molecule has 25 heavy (non-hydrogen) atoms. The summed E-state index contributed by atoms with van der Waals surface area (Å²) in [5, 5.41) is 9.92. The Morgan fingerprint density at radius 3 is 2.56 bits per heavy atom. The molecule has 2 aromatic rings. The minimum Gasteiger partial charge on any atom is -0.466 e. The number of carbonyl (C=O) groups excluding carboxylic acids is 2. The standard InChI is InChI=1S/C18H26N4O3/c1-11(2)8-19-17(24)18(5,6)22-10-14(9-20-22)21-16(23)15-7-12(3)25-13(15)4/h7,9-11H,8H2,1-6H3,(H,19,24)(H,21,23). The van der Waals surface area contributed by atoms with E-state index in [1.807, 2.05) is 13.8 Å². The van der Waals surface area contributed by atoms with Gasteiger partial charge in [0.15, 0.2) is 0 Å². The average molecular weight is 346 g/mol. The number of hydrogen-bond donors (Lipinski definition) is 2. The molecule has 2 aromatic heterocycles. The molecular formula is C18H26N4O3. The van der Waals surface area contributed by atoms with Crippen LogP contribution in [0.5, 0.6) is 0 Å². The molecule has 0 radical (unpaired) electrons. The van der Waals surface area contributed by atoms with Gasteiger partial charge in [-0.1, -0.05) is 13.8 Å². The number of aromatic nitrogens is 2. The zero-order chi connectivity index (χ0) is 18.8. The van der Waals surface area contributed by atoms with Crippen LogP contribution in [-0.4, -0.2) is 28.1 Å². The molecule has 0 fully saturated rings. The predicted octanol–water partition coefficient (Wildman–Crippen LogP) is 2.85. The summed E-state index contributed by atoms with van der Waals surface area (Å²) >= 11 is 0. The second-order valence-electron chi connectivity index (χ2n) is 7.12. The van der Waals surface area contributed by atoms with E-state index >= 15 is 0 Å². The van der Waals surface area contributed by atoms with Gasteiger partial charge in [-0.05, 0) is 39.7 Å². The van der Waals surface area contributed by atoms with Crippen molar-refractivity contribution in [1.82, 2.24) is 15.1 Å². The van der Waals surface area contributed by atoms with Crippen LogP contribution in [0.4, 0.5) is 5.69 Å². The number of hydrogen-bond acceptors (Lipinski definition) is 4. The summed E-state index contributed by atoms with van der Waals surface area (Å²) in [6.45, 7) is 11.8. The van der Waals surface area contributed by atoms with Gasteiger partial charge < -0.3 is 15.1 Å². The Morgan fingerprint density at radius 1 is 1.32 bits per heavy atom. The third-order valence-electron chi connectivity index (χ3n) is 3.93. The van der Waals surface area contributed by atoms with Gasteiger partial charge in [0.25, 0.3) is 5.91 Å². The Balaban J connectivity index is 2.09. The first-order valence-corrected chi connectivity index (χ1v) is 8.33. The highest BCUT2D eigenvalue weighted by atomic mass is 16.3. The summed E-state index contributed by atoms with van der Waals surface area (Å²) in [5.74, 6) is 1.23. The molecule has 0 bridgehead atoms. The van der Waals surface area contributed by atoms with Crippen LogP contribution in [0.1, 0.15) is 49.6 Å². The molecule has 0 unspecified atom stereocenters. The van der Waals surface area contributed by atoms with Gasteiger partial charge in [0, 0.05) is 12.7 Å². The maximum absolute atomic E-state index is 12.4. The molecule has 2 rings (SSSR count). The van der Waals surface area contributed by atoms with Gasteiger partial charge in [0.1, 0.15) is 17.1 Å². The molecule has 136 valence electrons. The summed E-state index contributed by atoms with van der Waals surface area (Å²) in [6, 6.07) is 1.69. The number of nitrogens with one attached hydrogen (secondary N) is 2. The molecule has 0 aliphatic carbocycles. The van der Waals surface area contributed by atoms with Crippen LogP contribution in [0.2, 0.25) is 0 Å². The Labute approximate surface area is 147 Å². The molecule has 0 spiro atoms. The summed E-state index contributed by atoms with van der Waals surface area (Å²) in [4.78, 5) is 24.7. The summed E-state index contributed by atoms with van der Waals surface area (Å²) in [6.07, 6.45) is 3.17. The fraction of sp³-hybridized carbons (Fsp3) is 0.500. The van der Waals surface area contributed by atoms with E-state index in [1.54, 1.807) is 44.6 Å². The molecule has 0 saturated carbocycles. The first-order valence-electron chi connectivity index (χ1n) is 8.33. The Morgan fingerprint density at radius 2 is 2.00 bits per heavy atom. The van der Waals surface area contributed by atoms with Gasteiger partial charge in [-0.3, -0.25) is 14.3 Å². The topological polar surface area (TPSA) is 89.2 Å². The largest absolute Gasteiger partial charge is 0.466 e. The van der Waals surface area contributed by atoms with Crippen molar-refractivity contribution in [3.05, 3.63) is 35.5 Å². The van der Waals surface area contributed by atoms with Crippen LogP contribution in [0.3, 0.4) is 0 Å². The van der Waals surface area contributed by atoms with Crippen LogP contribution in [-0.2, 0) is 10.3 Å². The highest BCUT2D eigenvalue weighted by Gasteiger charge is 2.30. The van der Waals surface area contributed by atoms with Crippen LogP contribution >= 0.6 is 0 Å². The summed E-state index contributed by atoms with van der Waals surface area (Å²) in [5.41, 5.74) is 0.146. The van der Waals surface area contributed by atoms with Crippen LogP contribution < -0.4 is 10.6 Å². The molecule has 2 amide bonds. The van der Waals surface area contributed by atoms with Crippen molar-refractivity contribution >= 4 is 17.5 Å². The zero-order valence-corrected chi connectivity index (χ0v) is 15.6. The third kappa shape index (κ3) is 4.29. The molecule has 0 aliphatic rings. The number of anilines is 1. The van der Waals surface area contributed by atoms with Crippen molar-refractivity contribution in [2.24, 2.45) is 5.92 Å². The zero-order valence-electron chi connectivity index (χ0n) is 15.6. The SMILES string of the molecule is Cc1cc(C(=O)Nc2cnn(C(C)(C)C(=O)NCC(C)C)c2)c(C)o1. The second kappa shape index (κ2) is 7.13. The lowest BCUT2D eigenvalue weighted by atomic mass is 10.0. The minimum absolute atomic E-state index is 0.122. The van der Waals surface area contributed by atoms with Gasteiger partial charge in [-0.15, -0.1) is 0 Å². The van der Waals surface area contributed by atoms with E-state index in [2.05, 4.69) is 15.7 Å². The van der Waals surface area contributed by atoms with E-state index in [0.29, 0.717) is 35.2 Å². The lowest BCUT2D eigenvalue weighted by Crippen LogP contribution is -2.45. The van der Waals surface area contributed by atoms with E-state index in [1.165, 1.54) is 6.20 Å². The molecule has 0 aromatic carbocycles. The fourth-order valence-corrected chi connectivity index (χ4v) is 2.36. The monoisotopic (exact) mass is 346 g/mol. The first-order chi connectivity index (χ1) is 11.6. The van der Waals surface area contributed by atoms with Crippen molar-refractivity contribution in [2.75, 3.05) is 11.9 Å². The Bertz CT molecular complexity index is 771. The van der Waals surface area contributed by atoms with Crippen LogP contribution in [0.25, 0.3) is 0 Å². The van der Waals surface area contributed by atoms with Gasteiger partial charge in [0.05, 0.1) is 17.4 Å². The summed E-state index contributed by atoms with van der Waals surface area (Å²) < 4.78 is 6.92. The molecule has 2 heterocycles. The maximum Gasteiger partial charge on any atom is 0.259 e. The van der Waals surface area contributed by atoms with Crippen molar-refractivity contribution < 1.29 is 14.0 Å². The van der Waals surface area contributed by atoms with Gasteiger partial charge >= 0.3 is 0 Å². The summed E-state index contributed by atoms with van der Waals surface area (Å²) in [7, 11) is 0. The fourth-order valence-electron chi connectivity index (χ4n) is 2.36. The average Bonchev–Trinajstić information content (AvgIpc) is 3.11. The number of nitrogens with zero attached hydrogens (tertiary/aromatic N) is 2. The predicted molar refractivity (Wildman–Crippen MR) is 95.5 cm³/mol. The molecule has 0 saturated heterocycles. The molecule has 7 heteroatoms. The van der Waals surface area contributed by atoms with Crippen LogP contribution in [0.15, 0.2) is 22.9 Å². The molecule has 2 N–H and O–H groups in total. The lowest BCUT2D eigenvalue weighted by Gasteiger charge is -2.24.